The van der Waals surface area contributed by atoms with Gasteiger partial charge in [0.05, 0.1) is 0 Å². The van der Waals surface area contributed by atoms with Crippen molar-refractivity contribution in [1.29, 1.82) is 0 Å². The second-order valence-electron chi connectivity index (χ2n) is 8.66. The van der Waals surface area contributed by atoms with Gasteiger partial charge in [-0.2, -0.15) is 0 Å². The first-order valence-electron chi connectivity index (χ1n) is 11.1. The molecule has 5 nitrogen and oxygen atoms in total. The van der Waals surface area contributed by atoms with Gasteiger partial charge in [-0.15, -0.1) is 0 Å². The van der Waals surface area contributed by atoms with Crippen LogP contribution in [0.3, 0.4) is 0 Å². The third-order valence-electron chi connectivity index (χ3n) is 6.35. The second kappa shape index (κ2) is 9.13. The van der Waals surface area contributed by atoms with E-state index in [2.05, 4.69) is 22.1 Å². The number of aliphatic hydroxyl groups is 1. The van der Waals surface area contributed by atoms with Crippen LogP contribution in [0.25, 0.3) is 0 Å². The molecule has 3 fully saturated rings. The minimum Gasteiger partial charge on any atom is -0.457 e. The number of carbonyl (C=O) groups excluding carboxylic acids is 1. The highest BCUT2D eigenvalue weighted by Gasteiger charge is 2.44. The molecule has 0 aromatic heterocycles. The zero-order valence-electron chi connectivity index (χ0n) is 18.2. The van der Waals surface area contributed by atoms with Crippen LogP contribution in [0.2, 0.25) is 0 Å². The number of hydrogen-bond acceptors (Lipinski definition) is 4. The number of nitrogens with zero attached hydrogens (tertiary/aromatic N) is 1. The Morgan fingerprint density at radius 3 is 2.32 bits per heavy atom. The Morgan fingerprint density at radius 2 is 1.77 bits per heavy atom. The Labute approximate surface area is 184 Å². The van der Waals surface area contributed by atoms with E-state index in [0.717, 1.165) is 37.9 Å². The van der Waals surface area contributed by atoms with Crippen molar-refractivity contribution in [3.05, 3.63) is 59.7 Å². The van der Waals surface area contributed by atoms with E-state index in [1.54, 1.807) is 24.3 Å². The predicted molar refractivity (Wildman–Crippen MR) is 121 cm³/mol. The van der Waals surface area contributed by atoms with E-state index in [1.807, 2.05) is 38.1 Å². The van der Waals surface area contributed by atoms with Crippen molar-refractivity contribution in [2.24, 2.45) is 5.92 Å². The Hall–Kier alpha value is -2.81. The first kappa shape index (κ1) is 21.4. The molecule has 0 saturated carbocycles. The van der Waals surface area contributed by atoms with Gasteiger partial charge in [-0.25, -0.2) is 0 Å². The van der Waals surface area contributed by atoms with Crippen molar-refractivity contribution >= 4 is 5.91 Å². The van der Waals surface area contributed by atoms with Crippen molar-refractivity contribution in [3.8, 4) is 23.3 Å². The van der Waals surface area contributed by atoms with E-state index < -0.39 is 5.60 Å². The zero-order valence-corrected chi connectivity index (χ0v) is 18.2. The molecule has 2 aromatic carbocycles. The van der Waals surface area contributed by atoms with Gasteiger partial charge in [0, 0.05) is 29.6 Å². The van der Waals surface area contributed by atoms with Crippen molar-refractivity contribution < 1.29 is 14.6 Å². The quantitative estimate of drug-likeness (QED) is 0.725. The van der Waals surface area contributed by atoms with Crippen LogP contribution in [0.1, 0.15) is 49.0 Å². The van der Waals surface area contributed by atoms with Crippen molar-refractivity contribution in [1.82, 2.24) is 10.2 Å². The van der Waals surface area contributed by atoms with E-state index in [9.17, 15) is 9.90 Å². The molecule has 3 aliphatic heterocycles. The number of benzene rings is 2. The molecule has 3 aliphatic rings. The molecule has 0 unspecified atom stereocenters. The number of carbonyl (C=O) groups is 1. The highest BCUT2D eigenvalue weighted by atomic mass is 16.5. The summed E-state index contributed by atoms with van der Waals surface area (Å²) in [7, 11) is 0. The summed E-state index contributed by atoms with van der Waals surface area (Å²) in [6.07, 6.45) is 2.94. The lowest BCUT2D eigenvalue weighted by Crippen LogP contribution is -2.58. The summed E-state index contributed by atoms with van der Waals surface area (Å²) in [6, 6.07) is 14.8. The van der Waals surface area contributed by atoms with Gasteiger partial charge in [-0.1, -0.05) is 18.8 Å². The number of rotatable bonds is 5. The minimum absolute atomic E-state index is 0.0755. The maximum Gasteiger partial charge on any atom is 0.251 e. The maximum absolute atomic E-state index is 12.2. The van der Waals surface area contributed by atoms with Crippen LogP contribution in [-0.4, -0.2) is 47.2 Å². The molecule has 5 rings (SSSR count). The summed E-state index contributed by atoms with van der Waals surface area (Å²) >= 11 is 0. The van der Waals surface area contributed by atoms with Crippen LogP contribution >= 0.6 is 0 Å². The monoisotopic (exact) mass is 418 g/mol. The highest BCUT2D eigenvalue weighted by molar-refractivity contribution is 5.94. The zero-order chi connectivity index (χ0) is 21.8. The summed E-state index contributed by atoms with van der Waals surface area (Å²) in [5, 5.41) is 13.9. The molecule has 0 aliphatic carbocycles. The van der Waals surface area contributed by atoms with Crippen LogP contribution in [0.4, 0.5) is 0 Å². The standard InChI is InChI=1S/C26H30N2O3/c1-3-19(2)27-25(29)21-6-10-24(11-7-21)31-23-8-4-20(5-9-23)12-15-26(30)18-28-16-13-22(26)14-17-28/h4-11,19,22,30H,3,13-14,16-18H2,1-2H3,(H,27,29)/t19-,26+/m1/s1. The molecule has 31 heavy (non-hydrogen) atoms. The van der Waals surface area contributed by atoms with Crippen LogP contribution < -0.4 is 10.1 Å². The Kier molecular flexibility index (Phi) is 6.31. The van der Waals surface area contributed by atoms with Gasteiger partial charge in [0.25, 0.3) is 5.91 Å². The summed E-state index contributed by atoms with van der Waals surface area (Å²) in [6.45, 7) is 6.82. The summed E-state index contributed by atoms with van der Waals surface area (Å²) < 4.78 is 5.89. The van der Waals surface area contributed by atoms with Crippen molar-refractivity contribution in [3.63, 3.8) is 0 Å². The molecular weight excluding hydrogens is 388 g/mol. The minimum atomic E-state index is -0.894. The second-order valence-corrected chi connectivity index (χ2v) is 8.66. The van der Waals surface area contributed by atoms with Crippen molar-refractivity contribution in [2.45, 2.75) is 44.8 Å². The molecule has 5 heteroatoms. The molecule has 0 radical (unpaired) electrons. The van der Waals surface area contributed by atoms with Gasteiger partial charge >= 0.3 is 0 Å². The third kappa shape index (κ3) is 5.10. The summed E-state index contributed by atoms with van der Waals surface area (Å²) in [5.41, 5.74) is 0.576. The molecular formula is C26H30N2O3. The molecule has 3 heterocycles. The van der Waals surface area contributed by atoms with E-state index in [-0.39, 0.29) is 17.9 Å². The number of hydrogen-bond donors (Lipinski definition) is 2. The Balaban J connectivity index is 1.37. The van der Waals surface area contributed by atoms with E-state index in [1.165, 1.54) is 0 Å². The van der Waals surface area contributed by atoms with Crippen molar-refractivity contribution in [2.75, 3.05) is 19.6 Å². The first-order valence-corrected chi connectivity index (χ1v) is 11.1. The highest BCUT2D eigenvalue weighted by Crippen LogP contribution is 2.35. The third-order valence-corrected chi connectivity index (χ3v) is 6.35. The van der Waals surface area contributed by atoms with Crippen LogP contribution in [0.15, 0.2) is 48.5 Å². The Morgan fingerprint density at radius 1 is 1.16 bits per heavy atom. The molecule has 2 aromatic rings. The van der Waals surface area contributed by atoms with E-state index in [0.29, 0.717) is 23.6 Å². The van der Waals surface area contributed by atoms with E-state index >= 15 is 0 Å². The lowest BCUT2D eigenvalue weighted by molar-refractivity contribution is -0.0713. The maximum atomic E-state index is 12.2. The average Bonchev–Trinajstić information content (AvgIpc) is 2.79. The van der Waals surface area contributed by atoms with Gasteiger partial charge in [-0.05, 0) is 87.8 Å². The molecule has 0 spiro atoms. The topological polar surface area (TPSA) is 61.8 Å². The first-order chi connectivity index (χ1) is 14.9. The fourth-order valence-electron chi connectivity index (χ4n) is 4.19. The lowest BCUT2D eigenvalue weighted by Gasteiger charge is -2.47. The van der Waals surface area contributed by atoms with Gasteiger partial charge in [-0.3, -0.25) is 9.69 Å². The SMILES string of the molecule is CC[C@@H](C)NC(=O)c1ccc(Oc2ccc(C#C[C@]3(O)CN4CCC3CC4)cc2)cc1. The van der Waals surface area contributed by atoms with Crippen LogP contribution in [-0.2, 0) is 0 Å². The number of piperidine rings is 3. The number of ether oxygens (including phenoxy) is 1. The number of fused-ring (bicyclic) bond motifs is 3. The summed E-state index contributed by atoms with van der Waals surface area (Å²) in [4.78, 5) is 14.5. The average molecular weight is 419 g/mol. The molecule has 162 valence electrons. The Bertz CT molecular complexity index is 966. The molecule has 3 saturated heterocycles. The lowest BCUT2D eigenvalue weighted by atomic mass is 9.76. The van der Waals surface area contributed by atoms with Crippen LogP contribution in [0.5, 0.6) is 11.5 Å². The number of amides is 1. The van der Waals surface area contributed by atoms with Gasteiger partial charge in [0.15, 0.2) is 0 Å². The van der Waals surface area contributed by atoms with Gasteiger partial charge in [0.1, 0.15) is 17.1 Å². The number of nitrogens with one attached hydrogen (secondary N) is 1. The van der Waals surface area contributed by atoms with Gasteiger partial charge < -0.3 is 15.2 Å². The fourth-order valence-corrected chi connectivity index (χ4v) is 4.19. The predicted octanol–water partition coefficient (Wildman–Crippen LogP) is 3.82. The summed E-state index contributed by atoms with van der Waals surface area (Å²) in [5.74, 6) is 7.85. The fraction of sp³-hybridized carbons (Fsp3) is 0.423. The smallest absolute Gasteiger partial charge is 0.251 e. The normalized spacial score (nSPS) is 25.3. The molecule has 2 N–H and O–H groups in total. The molecule has 2 bridgehead atoms. The van der Waals surface area contributed by atoms with Crippen LogP contribution in [0, 0.1) is 17.8 Å². The van der Waals surface area contributed by atoms with E-state index in [4.69, 9.17) is 4.74 Å². The largest absolute Gasteiger partial charge is 0.457 e. The molecule has 1 amide bonds. The van der Waals surface area contributed by atoms with Gasteiger partial charge in [0.2, 0.25) is 0 Å². The molecule has 2 atom stereocenters.